The summed E-state index contributed by atoms with van der Waals surface area (Å²) < 4.78 is 5.54. The Morgan fingerprint density at radius 3 is 2.95 bits per heavy atom. The van der Waals surface area contributed by atoms with Crippen molar-refractivity contribution in [2.24, 2.45) is 5.92 Å². The number of nitrogens with zero attached hydrogens (tertiary/aromatic N) is 3. The van der Waals surface area contributed by atoms with Crippen LogP contribution in [0, 0.1) is 5.92 Å². The number of nitrogens with one attached hydrogen (secondary N) is 1. The summed E-state index contributed by atoms with van der Waals surface area (Å²) in [5.41, 5.74) is 1.99. The second-order valence-corrected chi connectivity index (χ2v) is 5.45. The summed E-state index contributed by atoms with van der Waals surface area (Å²) in [5.74, 6) is 0.484. The molecular weight excluding hydrogens is 264 g/mol. The molecule has 21 heavy (non-hydrogen) atoms. The Morgan fingerprint density at radius 2 is 2.24 bits per heavy atom. The van der Waals surface area contributed by atoms with Gasteiger partial charge in [-0.2, -0.15) is 15.0 Å². The van der Waals surface area contributed by atoms with Gasteiger partial charge in [0.25, 0.3) is 0 Å². The fourth-order valence-electron chi connectivity index (χ4n) is 2.73. The van der Waals surface area contributed by atoms with E-state index in [1.807, 2.05) is 36.5 Å². The molecule has 112 valence electrons. The van der Waals surface area contributed by atoms with Gasteiger partial charge in [0.1, 0.15) is 5.69 Å². The number of ether oxygens (including phenoxy) is 1. The molecule has 1 aliphatic heterocycles. The van der Waals surface area contributed by atoms with Crippen molar-refractivity contribution in [3.05, 3.63) is 42.2 Å². The van der Waals surface area contributed by atoms with Gasteiger partial charge in [0.15, 0.2) is 0 Å². The molecule has 2 heterocycles. The highest BCUT2D eigenvalue weighted by atomic mass is 16.5. The highest BCUT2D eigenvalue weighted by Crippen LogP contribution is 2.27. The van der Waals surface area contributed by atoms with Crippen LogP contribution in [0.3, 0.4) is 0 Å². The zero-order valence-corrected chi connectivity index (χ0v) is 12.4. The predicted molar refractivity (Wildman–Crippen MR) is 81.3 cm³/mol. The third-order valence-electron chi connectivity index (χ3n) is 3.87. The van der Waals surface area contributed by atoms with Gasteiger partial charge < -0.3 is 10.1 Å². The summed E-state index contributed by atoms with van der Waals surface area (Å²) in [4.78, 5) is 1.70. The molecule has 1 aromatic heterocycles. The first-order chi connectivity index (χ1) is 10.4. The van der Waals surface area contributed by atoms with Crippen molar-refractivity contribution in [1.82, 2.24) is 20.3 Å². The lowest BCUT2D eigenvalue weighted by Crippen LogP contribution is -2.29. The number of rotatable bonds is 6. The minimum Gasteiger partial charge on any atom is -0.381 e. The van der Waals surface area contributed by atoms with E-state index in [0.717, 1.165) is 44.0 Å². The highest BCUT2D eigenvalue weighted by molar-refractivity contribution is 5.28. The summed E-state index contributed by atoms with van der Waals surface area (Å²) in [7, 11) is 0. The number of hydrogen-bond acceptors (Lipinski definition) is 4. The molecule has 2 aromatic rings. The Balaban J connectivity index is 1.80. The Morgan fingerprint density at radius 1 is 1.38 bits per heavy atom. The molecule has 1 N–H and O–H groups in total. The Labute approximate surface area is 125 Å². The maximum Gasteiger partial charge on any atom is 0.100 e. The van der Waals surface area contributed by atoms with Crippen LogP contribution in [0.15, 0.2) is 36.5 Å². The van der Waals surface area contributed by atoms with E-state index in [9.17, 15) is 0 Å². The molecule has 0 saturated carbocycles. The molecule has 1 saturated heterocycles. The fraction of sp³-hybridized carbons (Fsp3) is 0.500. The van der Waals surface area contributed by atoms with Gasteiger partial charge in [-0.1, -0.05) is 25.1 Å². The largest absolute Gasteiger partial charge is 0.381 e. The van der Waals surface area contributed by atoms with Crippen molar-refractivity contribution in [3.8, 4) is 5.69 Å². The van der Waals surface area contributed by atoms with Crippen LogP contribution in [0.25, 0.3) is 5.69 Å². The summed E-state index contributed by atoms with van der Waals surface area (Å²) in [5, 5.41) is 12.7. The van der Waals surface area contributed by atoms with Crippen LogP contribution < -0.4 is 5.32 Å². The standard InChI is InChI=1S/C16H22N4O/c1-2-9-17-16(13-8-10-21-12-13)15-11-18-20(19-15)14-6-4-3-5-7-14/h3-7,11,13,16-17H,2,8-10,12H2,1H3. The minimum absolute atomic E-state index is 0.227. The third kappa shape index (κ3) is 3.31. The van der Waals surface area contributed by atoms with Crippen molar-refractivity contribution in [1.29, 1.82) is 0 Å². The van der Waals surface area contributed by atoms with Gasteiger partial charge in [0.05, 0.1) is 24.5 Å². The monoisotopic (exact) mass is 286 g/mol. The lowest BCUT2D eigenvalue weighted by molar-refractivity contribution is 0.176. The minimum atomic E-state index is 0.227. The maximum absolute atomic E-state index is 5.54. The first-order valence-electron chi connectivity index (χ1n) is 7.67. The Kier molecular flexibility index (Phi) is 4.62. The zero-order chi connectivity index (χ0) is 14.5. The topological polar surface area (TPSA) is 52.0 Å². The van der Waals surface area contributed by atoms with E-state index in [-0.39, 0.29) is 6.04 Å². The molecule has 3 rings (SSSR count). The summed E-state index contributed by atoms with van der Waals surface area (Å²) in [6.07, 6.45) is 4.06. The quantitative estimate of drug-likeness (QED) is 0.885. The van der Waals surface area contributed by atoms with Crippen LogP contribution in [0.5, 0.6) is 0 Å². The number of benzene rings is 1. The summed E-state index contributed by atoms with van der Waals surface area (Å²) >= 11 is 0. The van der Waals surface area contributed by atoms with Crippen molar-refractivity contribution >= 4 is 0 Å². The van der Waals surface area contributed by atoms with E-state index in [1.165, 1.54) is 0 Å². The Bertz CT molecular complexity index is 548. The van der Waals surface area contributed by atoms with Crippen LogP contribution >= 0.6 is 0 Å². The van der Waals surface area contributed by atoms with E-state index in [4.69, 9.17) is 4.74 Å². The van der Waals surface area contributed by atoms with Gasteiger partial charge >= 0.3 is 0 Å². The van der Waals surface area contributed by atoms with Crippen molar-refractivity contribution < 1.29 is 4.74 Å². The lowest BCUT2D eigenvalue weighted by atomic mass is 9.96. The van der Waals surface area contributed by atoms with Gasteiger partial charge in [-0.05, 0) is 31.5 Å². The van der Waals surface area contributed by atoms with Crippen molar-refractivity contribution in [3.63, 3.8) is 0 Å². The zero-order valence-electron chi connectivity index (χ0n) is 12.4. The smallest absolute Gasteiger partial charge is 0.100 e. The molecule has 1 aromatic carbocycles. The average Bonchev–Trinajstić information content (AvgIpc) is 3.21. The molecule has 0 radical (unpaired) electrons. The van der Waals surface area contributed by atoms with Gasteiger partial charge in [0.2, 0.25) is 0 Å². The normalized spacial score (nSPS) is 19.8. The number of aromatic nitrogens is 3. The molecule has 5 heteroatoms. The first-order valence-corrected chi connectivity index (χ1v) is 7.67. The number of hydrogen-bond donors (Lipinski definition) is 1. The average molecular weight is 286 g/mol. The predicted octanol–water partition coefficient (Wildman–Crippen LogP) is 2.34. The second-order valence-electron chi connectivity index (χ2n) is 5.45. The summed E-state index contributed by atoms with van der Waals surface area (Å²) in [6, 6.07) is 10.2. The third-order valence-corrected chi connectivity index (χ3v) is 3.87. The molecular formula is C16H22N4O. The lowest BCUT2D eigenvalue weighted by Gasteiger charge is -2.21. The van der Waals surface area contributed by atoms with Gasteiger partial charge in [0, 0.05) is 12.5 Å². The SMILES string of the molecule is CCCNC(c1cnn(-c2ccccc2)n1)C1CCOC1. The van der Waals surface area contributed by atoms with Crippen LogP contribution in [0.1, 0.15) is 31.5 Å². The Hall–Kier alpha value is -1.72. The molecule has 1 aliphatic rings. The first kappa shape index (κ1) is 14.2. The molecule has 1 fully saturated rings. The van der Waals surface area contributed by atoms with E-state index >= 15 is 0 Å². The molecule has 0 amide bonds. The molecule has 0 aliphatic carbocycles. The fourth-order valence-corrected chi connectivity index (χ4v) is 2.73. The van der Waals surface area contributed by atoms with E-state index in [1.54, 1.807) is 4.80 Å². The van der Waals surface area contributed by atoms with Crippen molar-refractivity contribution in [2.45, 2.75) is 25.8 Å². The number of para-hydroxylation sites is 1. The molecule has 0 spiro atoms. The van der Waals surface area contributed by atoms with Crippen LogP contribution in [0.4, 0.5) is 0 Å². The summed E-state index contributed by atoms with van der Waals surface area (Å²) in [6.45, 7) is 4.82. The molecule has 2 atom stereocenters. The molecule has 2 unspecified atom stereocenters. The van der Waals surface area contributed by atoms with E-state index in [0.29, 0.717) is 5.92 Å². The maximum atomic E-state index is 5.54. The molecule has 0 bridgehead atoms. The van der Waals surface area contributed by atoms with Crippen LogP contribution in [0.2, 0.25) is 0 Å². The highest BCUT2D eigenvalue weighted by Gasteiger charge is 2.28. The second kappa shape index (κ2) is 6.83. The van der Waals surface area contributed by atoms with Gasteiger partial charge in [-0.3, -0.25) is 0 Å². The van der Waals surface area contributed by atoms with Crippen molar-refractivity contribution in [2.75, 3.05) is 19.8 Å². The molecule has 5 nitrogen and oxygen atoms in total. The van der Waals surface area contributed by atoms with E-state index in [2.05, 4.69) is 22.4 Å². The van der Waals surface area contributed by atoms with Crippen LogP contribution in [-0.2, 0) is 4.74 Å². The van der Waals surface area contributed by atoms with E-state index < -0.39 is 0 Å². The van der Waals surface area contributed by atoms with Gasteiger partial charge in [-0.15, -0.1) is 0 Å². The van der Waals surface area contributed by atoms with Gasteiger partial charge in [-0.25, -0.2) is 0 Å². The van der Waals surface area contributed by atoms with Crippen LogP contribution in [-0.4, -0.2) is 34.8 Å².